The quantitative estimate of drug-likeness (QED) is 0.796. The van der Waals surface area contributed by atoms with Crippen molar-refractivity contribution < 1.29 is 0 Å². The topological polar surface area (TPSA) is 52.0 Å². The number of piperazine rings is 1. The molecule has 0 aliphatic carbocycles. The first-order valence-electron chi connectivity index (χ1n) is 5.96. The van der Waals surface area contributed by atoms with Gasteiger partial charge >= 0.3 is 0 Å². The highest BCUT2D eigenvalue weighted by Crippen LogP contribution is 2.38. The van der Waals surface area contributed by atoms with Crippen LogP contribution in [0.5, 0.6) is 0 Å². The first-order valence-corrected chi connectivity index (χ1v) is 7.09. The Bertz CT molecular complexity index is 499. The van der Waals surface area contributed by atoms with Gasteiger partial charge in [-0.2, -0.15) is 5.26 Å². The van der Waals surface area contributed by atoms with Crippen LogP contribution >= 0.6 is 59.6 Å². The fourth-order valence-corrected chi connectivity index (χ4v) is 3.00. The summed E-state index contributed by atoms with van der Waals surface area (Å²) in [6.45, 7) is 3.46. The zero-order chi connectivity index (χ0) is 13.8. The van der Waals surface area contributed by atoms with Crippen LogP contribution in [0, 0.1) is 11.3 Å². The summed E-state index contributed by atoms with van der Waals surface area (Å²) in [5.41, 5.74) is 0.701. The molecule has 0 bridgehead atoms. The molecule has 4 nitrogen and oxygen atoms in total. The van der Waals surface area contributed by atoms with Crippen LogP contribution in [0.3, 0.4) is 0 Å². The molecule has 9 heteroatoms. The summed E-state index contributed by atoms with van der Waals surface area (Å²) in [6, 6.07) is 2.05. The number of aromatic nitrogens is 1. The van der Waals surface area contributed by atoms with Crippen molar-refractivity contribution in [1.29, 1.82) is 5.26 Å². The smallest absolute Gasteiger partial charge is 0.148 e. The fraction of sp³-hybridized carbons (Fsp3) is 0.500. The van der Waals surface area contributed by atoms with Crippen LogP contribution in [0.4, 0.5) is 0 Å². The van der Waals surface area contributed by atoms with Crippen LogP contribution in [0.2, 0.25) is 15.2 Å². The molecule has 1 aliphatic heterocycles. The van der Waals surface area contributed by atoms with Crippen molar-refractivity contribution >= 4 is 59.6 Å². The van der Waals surface area contributed by atoms with E-state index in [1.807, 2.05) is 0 Å². The molecule has 1 fully saturated rings. The van der Waals surface area contributed by atoms with Crippen molar-refractivity contribution in [2.75, 3.05) is 26.2 Å². The number of rotatable bonds is 3. The average molecular weight is 393 g/mol. The Balaban J connectivity index is 0.00000200. The third-order valence-electron chi connectivity index (χ3n) is 3.18. The largest absolute Gasteiger partial charge is 0.314 e. The van der Waals surface area contributed by atoms with Gasteiger partial charge in [-0.3, -0.25) is 4.90 Å². The molecule has 0 unspecified atom stereocenters. The van der Waals surface area contributed by atoms with Gasteiger partial charge in [0, 0.05) is 37.9 Å². The summed E-state index contributed by atoms with van der Waals surface area (Å²) >= 11 is 18.4. The number of nitrogens with zero attached hydrogens (tertiary/aromatic N) is 3. The van der Waals surface area contributed by atoms with Gasteiger partial charge < -0.3 is 5.32 Å². The lowest BCUT2D eigenvalue weighted by Crippen LogP contribution is -2.45. The summed E-state index contributed by atoms with van der Waals surface area (Å²) in [6.07, 6.45) is 1.80. The second-order valence-corrected chi connectivity index (χ2v) is 5.43. The Morgan fingerprint density at radius 2 is 1.90 bits per heavy atom. The number of hydrogen-bond acceptors (Lipinski definition) is 4. The molecule has 1 N–H and O–H groups in total. The Hall–Kier alpha value is 0.01000. The molecule has 1 aromatic heterocycles. The van der Waals surface area contributed by atoms with Gasteiger partial charge in [0.05, 0.1) is 28.6 Å². The van der Waals surface area contributed by atoms with E-state index < -0.39 is 0 Å². The van der Waals surface area contributed by atoms with Crippen LogP contribution in [-0.4, -0.2) is 36.1 Å². The molecule has 1 aliphatic rings. The highest BCUT2D eigenvalue weighted by atomic mass is 35.5. The average Bonchev–Trinajstić information content (AvgIpc) is 2.43. The maximum atomic E-state index is 9.05. The van der Waals surface area contributed by atoms with Crippen LogP contribution in [0.25, 0.3) is 0 Å². The Kier molecular flexibility index (Phi) is 9.92. The molecule has 0 saturated carbocycles. The number of hydrogen-bond donors (Lipinski definition) is 1. The predicted octanol–water partition coefficient (Wildman–Crippen LogP) is 3.75. The number of nitriles is 1. The molecule has 1 aromatic rings. The molecule has 0 spiro atoms. The summed E-state index contributed by atoms with van der Waals surface area (Å²) in [7, 11) is 0. The van der Waals surface area contributed by atoms with E-state index in [1.54, 1.807) is 0 Å². The van der Waals surface area contributed by atoms with E-state index in [0.717, 1.165) is 26.2 Å². The zero-order valence-corrected chi connectivity index (χ0v) is 14.9. The van der Waals surface area contributed by atoms with Gasteiger partial charge in [0.25, 0.3) is 0 Å². The van der Waals surface area contributed by atoms with Gasteiger partial charge in [0.2, 0.25) is 0 Å². The van der Waals surface area contributed by atoms with Crippen molar-refractivity contribution in [2.24, 2.45) is 0 Å². The first kappa shape index (κ1) is 21.0. The molecular formula is C12H15Cl5N4. The molecule has 21 heavy (non-hydrogen) atoms. The zero-order valence-electron chi connectivity index (χ0n) is 11.0. The van der Waals surface area contributed by atoms with Crippen LogP contribution in [0.1, 0.15) is 18.0 Å². The minimum Gasteiger partial charge on any atom is -0.314 e. The molecule has 0 aromatic carbocycles. The maximum Gasteiger partial charge on any atom is 0.148 e. The van der Waals surface area contributed by atoms with Crippen LogP contribution in [0.15, 0.2) is 6.20 Å². The lowest BCUT2D eigenvalue weighted by Gasteiger charge is -2.34. The highest BCUT2D eigenvalue weighted by molar-refractivity contribution is 6.43. The predicted molar refractivity (Wildman–Crippen MR) is 91.2 cm³/mol. The minimum atomic E-state index is -0.146. The first-order chi connectivity index (χ1) is 9.15. The molecule has 0 radical (unpaired) electrons. The van der Waals surface area contributed by atoms with Gasteiger partial charge in [-0.05, 0) is 0 Å². The number of pyridine rings is 1. The molecule has 0 amide bonds. The summed E-state index contributed by atoms with van der Waals surface area (Å²) in [5, 5.41) is 13.3. The second-order valence-electron chi connectivity index (χ2n) is 4.29. The van der Waals surface area contributed by atoms with Gasteiger partial charge in [-0.25, -0.2) is 4.98 Å². The summed E-state index contributed by atoms with van der Waals surface area (Å²) in [5.74, 6) is 0. The molecule has 1 atom stereocenters. The third-order valence-corrected chi connectivity index (χ3v) is 4.24. The fourth-order valence-electron chi connectivity index (χ4n) is 2.25. The molecule has 118 valence electrons. The van der Waals surface area contributed by atoms with Crippen molar-refractivity contribution in [3.63, 3.8) is 0 Å². The maximum absolute atomic E-state index is 9.05. The van der Waals surface area contributed by atoms with Crippen molar-refractivity contribution in [3.05, 3.63) is 27.0 Å². The van der Waals surface area contributed by atoms with Crippen molar-refractivity contribution in [1.82, 2.24) is 15.2 Å². The van der Waals surface area contributed by atoms with Crippen LogP contribution in [-0.2, 0) is 0 Å². The van der Waals surface area contributed by atoms with E-state index in [4.69, 9.17) is 40.1 Å². The second kappa shape index (κ2) is 9.91. The van der Waals surface area contributed by atoms with E-state index in [0.29, 0.717) is 22.0 Å². The summed E-state index contributed by atoms with van der Waals surface area (Å²) < 4.78 is 0. The van der Waals surface area contributed by atoms with E-state index in [1.165, 1.54) is 6.20 Å². The Morgan fingerprint density at radius 3 is 2.48 bits per heavy atom. The van der Waals surface area contributed by atoms with Gasteiger partial charge in [-0.1, -0.05) is 34.8 Å². The van der Waals surface area contributed by atoms with E-state index in [-0.39, 0.29) is 36.0 Å². The highest BCUT2D eigenvalue weighted by Gasteiger charge is 2.27. The molecule has 2 heterocycles. The van der Waals surface area contributed by atoms with E-state index in [2.05, 4.69) is 21.3 Å². The van der Waals surface area contributed by atoms with Gasteiger partial charge in [0.1, 0.15) is 5.15 Å². The molecule has 2 rings (SSSR count). The van der Waals surface area contributed by atoms with Gasteiger partial charge in [0.15, 0.2) is 0 Å². The monoisotopic (exact) mass is 390 g/mol. The van der Waals surface area contributed by atoms with Crippen LogP contribution < -0.4 is 5.32 Å². The number of nitrogens with one attached hydrogen (secondary N) is 1. The summed E-state index contributed by atoms with van der Waals surface area (Å²) in [4.78, 5) is 6.11. The van der Waals surface area contributed by atoms with Crippen molar-refractivity contribution in [2.45, 2.75) is 12.5 Å². The van der Waals surface area contributed by atoms with Crippen molar-refractivity contribution in [3.8, 4) is 6.07 Å². The Morgan fingerprint density at radius 1 is 1.29 bits per heavy atom. The molecular weight excluding hydrogens is 377 g/mol. The SMILES string of the molecule is Cl.Cl.N#CC[C@@H](c1c(Cl)cnc(Cl)c1Cl)N1CCNCC1. The normalized spacial score (nSPS) is 16.3. The molecule has 1 saturated heterocycles. The lowest BCUT2D eigenvalue weighted by atomic mass is 10.0. The third kappa shape index (κ3) is 5.01. The minimum absolute atomic E-state index is 0. The Labute approximate surface area is 151 Å². The van der Waals surface area contributed by atoms with E-state index in [9.17, 15) is 0 Å². The lowest BCUT2D eigenvalue weighted by molar-refractivity contribution is 0.175. The standard InChI is InChI=1S/C12H13Cl3N4.2ClH/c13-8-7-18-12(15)11(14)10(8)9(1-2-16)19-5-3-17-4-6-19;;/h7,9,17H,1,3-6H2;2*1H/t9-;;/m0../s1. The van der Waals surface area contributed by atoms with Gasteiger partial charge in [-0.15, -0.1) is 24.8 Å². The number of halogens is 5. The van der Waals surface area contributed by atoms with E-state index >= 15 is 0 Å².